The Kier molecular flexibility index (Phi) is 7.82. The van der Waals surface area contributed by atoms with Crippen LogP contribution in [0.5, 0.6) is 0 Å². The zero-order valence-corrected chi connectivity index (χ0v) is 31.1. The quantitative estimate of drug-likeness (QED) is 0.163. The van der Waals surface area contributed by atoms with Gasteiger partial charge in [-0.15, -0.1) is 0 Å². The molecule has 57 heavy (non-hydrogen) atoms. The first kappa shape index (κ1) is 32.8. The van der Waals surface area contributed by atoms with Crippen LogP contribution >= 0.6 is 0 Å². The second kappa shape index (κ2) is 13.6. The van der Waals surface area contributed by atoms with E-state index in [4.69, 9.17) is 4.42 Å². The van der Waals surface area contributed by atoms with E-state index in [1.54, 1.807) is 0 Å². The number of hydrogen-bond donors (Lipinski definition) is 0. The molecule has 11 aromatic rings. The first-order chi connectivity index (χ1) is 28.3. The fourth-order valence-electron chi connectivity index (χ4n) is 8.68. The predicted octanol–water partition coefficient (Wildman–Crippen LogP) is 15.2. The number of nitrogens with zero attached hydrogens (tertiary/aromatic N) is 2. The summed E-state index contributed by atoms with van der Waals surface area (Å²) in [4.78, 5) is 2.42. The van der Waals surface area contributed by atoms with E-state index in [2.05, 4.69) is 216 Å². The summed E-state index contributed by atoms with van der Waals surface area (Å²) in [5.74, 6) is 0. The molecule has 0 fully saturated rings. The van der Waals surface area contributed by atoms with Gasteiger partial charge in [0.05, 0.1) is 28.1 Å². The summed E-state index contributed by atoms with van der Waals surface area (Å²) in [6, 6.07) is 78.1. The van der Waals surface area contributed by atoms with Crippen LogP contribution < -0.4 is 4.90 Å². The van der Waals surface area contributed by atoms with Crippen LogP contribution in [-0.2, 0) is 0 Å². The molecule has 0 amide bonds. The molecular weight excluding hydrogens is 693 g/mol. The molecule has 0 bridgehead atoms. The maximum Gasteiger partial charge on any atom is 0.143 e. The normalized spacial score (nSPS) is 11.5. The van der Waals surface area contributed by atoms with Gasteiger partial charge in [-0.1, -0.05) is 170 Å². The maximum absolute atomic E-state index is 6.47. The van der Waals surface area contributed by atoms with Crippen molar-refractivity contribution < 1.29 is 4.42 Å². The van der Waals surface area contributed by atoms with Gasteiger partial charge in [0, 0.05) is 49.5 Å². The molecule has 268 valence electrons. The number of rotatable bonds is 7. The van der Waals surface area contributed by atoms with Crippen LogP contribution in [0.2, 0.25) is 0 Å². The number of hydrogen-bond acceptors (Lipinski definition) is 2. The average Bonchev–Trinajstić information content (AvgIpc) is 3.84. The number of para-hydroxylation sites is 7. The van der Waals surface area contributed by atoms with Gasteiger partial charge in [-0.25, -0.2) is 0 Å². The molecule has 0 aliphatic rings. The number of anilines is 3. The van der Waals surface area contributed by atoms with E-state index in [1.807, 2.05) is 12.1 Å². The summed E-state index contributed by atoms with van der Waals surface area (Å²) in [7, 11) is 0. The van der Waals surface area contributed by atoms with Gasteiger partial charge in [-0.05, 0) is 59.7 Å². The Hall–Kier alpha value is -7.62. The Morgan fingerprint density at radius 1 is 0.333 bits per heavy atom. The highest BCUT2D eigenvalue weighted by molar-refractivity contribution is 6.11. The molecule has 11 rings (SSSR count). The zero-order valence-electron chi connectivity index (χ0n) is 31.1. The van der Waals surface area contributed by atoms with Crippen molar-refractivity contribution in [2.24, 2.45) is 0 Å². The van der Waals surface area contributed by atoms with E-state index >= 15 is 0 Å². The van der Waals surface area contributed by atoms with Crippen molar-refractivity contribution >= 4 is 60.8 Å². The second-order valence-electron chi connectivity index (χ2n) is 14.4. The van der Waals surface area contributed by atoms with Gasteiger partial charge in [0.15, 0.2) is 0 Å². The molecule has 0 unspecified atom stereocenters. The molecule has 0 aliphatic heterocycles. The minimum Gasteiger partial charge on any atom is -0.455 e. The SMILES string of the molecule is c1ccc(-c2ccccc2N(c2ccc(-c3cccc4c3oc3ccccc34)cc2)c2ccccc2-c2ccccc2-n2c3ccccc3c3ccccc32)cc1. The van der Waals surface area contributed by atoms with Crippen LogP contribution in [0.25, 0.3) is 82.8 Å². The molecule has 0 saturated carbocycles. The number of fused-ring (bicyclic) bond motifs is 6. The van der Waals surface area contributed by atoms with Crippen molar-refractivity contribution in [1.82, 2.24) is 4.57 Å². The summed E-state index contributed by atoms with van der Waals surface area (Å²) in [6.45, 7) is 0. The van der Waals surface area contributed by atoms with E-state index in [9.17, 15) is 0 Å². The molecule has 3 heteroatoms. The summed E-state index contributed by atoms with van der Waals surface area (Å²) in [5.41, 5.74) is 15.3. The van der Waals surface area contributed by atoms with E-state index in [0.717, 1.165) is 78.1 Å². The Bertz CT molecular complexity index is 3190. The van der Waals surface area contributed by atoms with Crippen LogP contribution in [0.1, 0.15) is 0 Å². The third-order valence-electron chi connectivity index (χ3n) is 11.2. The molecule has 0 aliphatic carbocycles. The van der Waals surface area contributed by atoms with Crippen molar-refractivity contribution in [1.29, 1.82) is 0 Å². The van der Waals surface area contributed by atoms with E-state index < -0.39 is 0 Å². The van der Waals surface area contributed by atoms with Gasteiger partial charge in [-0.3, -0.25) is 0 Å². The molecule has 2 aromatic heterocycles. The second-order valence-corrected chi connectivity index (χ2v) is 14.4. The molecular formula is C54H36N2O. The highest BCUT2D eigenvalue weighted by Gasteiger charge is 2.23. The fourth-order valence-corrected chi connectivity index (χ4v) is 8.68. The van der Waals surface area contributed by atoms with Crippen LogP contribution in [-0.4, -0.2) is 4.57 Å². The Morgan fingerprint density at radius 2 is 0.842 bits per heavy atom. The van der Waals surface area contributed by atoms with Gasteiger partial charge in [0.1, 0.15) is 11.2 Å². The van der Waals surface area contributed by atoms with E-state index in [-0.39, 0.29) is 0 Å². The molecule has 0 spiro atoms. The van der Waals surface area contributed by atoms with Crippen molar-refractivity contribution in [3.63, 3.8) is 0 Å². The minimum absolute atomic E-state index is 0.901. The lowest BCUT2D eigenvalue weighted by Gasteiger charge is -2.30. The van der Waals surface area contributed by atoms with Gasteiger partial charge < -0.3 is 13.9 Å². The van der Waals surface area contributed by atoms with E-state index in [1.165, 1.54) is 21.8 Å². The Balaban J connectivity index is 1.12. The Labute approximate surface area is 330 Å². The van der Waals surface area contributed by atoms with E-state index in [0.29, 0.717) is 0 Å². The molecule has 3 nitrogen and oxygen atoms in total. The standard InChI is InChI=1S/C54H36N2O/c1-2-17-37(18-3-1)40-19-4-10-27-48(40)55(39-35-33-38(34-36-39)41-25-16-26-47-46-24-9-15-32-53(46)57-54(41)47)49-28-11-5-20-42(49)43-21-6-12-29-50(43)56-51-30-13-7-22-44(51)45-23-8-14-31-52(45)56/h1-36H. The highest BCUT2D eigenvalue weighted by Crippen LogP contribution is 2.47. The summed E-state index contributed by atoms with van der Waals surface area (Å²) < 4.78 is 8.89. The van der Waals surface area contributed by atoms with Crippen molar-refractivity contribution in [2.45, 2.75) is 0 Å². The van der Waals surface area contributed by atoms with Gasteiger partial charge in [0.2, 0.25) is 0 Å². The first-order valence-electron chi connectivity index (χ1n) is 19.4. The molecule has 0 atom stereocenters. The van der Waals surface area contributed by atoms with Crippen LogP contribution in [0.15, 0.2) is 223 Å². The Morgan fingerprint density at radius 3 is 1.58 bits per heavy atom. The maximum atomic E-state index is 6.47. The van der Waals surface area contributed by atoms with Crippen molar-refractivity contribution in [3.8, 4) is 39.1 Å². The minimum atomic E-state index is 0.901. The first-order valence-corrected chi connectivity index (χ1v) is 19.4. The lowest BCUT2D eigenvalue weighted by atomic mass is 9.97. The lowest BCUT2D eigenvalue weighted by molar-refractivity contribution is 0.670. The van der Waals surface area contributed by atoms with Crippen LogP contribution in [0, 0.1) is 0 Å². The number of aromatic nitrogens is 1. The smallest absolute Gasteiger partial charge is 0.143 e. The van der Waals surface area contributed by atoms with Crippen LogP contribution in [0.4, 0.5) is 17.1 Å². The molecule has 9 aromatic carbocycles. The third-order valence-corrected chi connectivity index (χ3v) is 11.2. The highest BCUT2D eigenvalue weighted by atomic mass is 16.3. The van der Waals surface area contributed by atoms with Gasteiger partial charge in [-0.2, -0.15) is 0 Å². The average molecular weight is 729 g/mol. The van der Waals surface area contributed by atoms with Gasteiger partial charge >= 0.3 is 0 Å². The summed E-state index contributed by atoms with van der Waals surface area (Å²) >= 11 is 0. The summed E-state index contributed by atoms with van der Waals surface area (Å²) in [5, 5.41) is 4.75. The van der Waals surface area contributed by atoms with Crippen molar-refractivity contribution in [3.05, 3.63) is 218 Å². The predicted molar refractivity (Wildman–Crippen MR) is 239 cm³/mol. The fraction of sp³-hybridized carbons (Fsp3) is 0. The largest absolute Gasteiger partial charge is 0.455 e. The number of benzene rings is 9. The third kappa shape index (κ3) is 5.43. The molecule has 0 saturated heterocycles. The van der Waals surface area contributed by atoms with Crippen LogP contribution in [0.3, 0.4) is 0 Å². The lowest BCUT2D eigenvalue weighted by Crippen LogP contribution is -2.12. The van der Waals surface area contributed by atoms with Crippen molar-refractivity contribution in [2.75, 3.05) is 4.90 Å². The zero-order chi connectivity index (χ0) is 37.7. The molecule has 0 N–H and O–H groups in total. The van der Waals surface area contributed by atoms with Gasteiger partial charge in [0.25, 0.3) is 0 Å². The number of furan rings is 1. The monoisotopic (exact) mass is 728 g/mol. The summed E-state index contributed by atoms with van der Waals surface area (Å²) in [6.07, 6.45) is 0. The molecule has 2 heterocycles. The molecule has 0 radical (unpaired) electrons. The topological polar surface area (TPSA) is 21.3 Å².